The summed E-state index contributed by atoms with van der Waals surface area (Å²) in [5.41, 5.74) is 6.99. The topological polar surface area (TPSA) is 64.3 Å². The summed E-state index contributed by atoms with van der Waals surface area (Å²) in [6.07, 6.45) is 1.23. The average Bonchev–Trinajstić information content (AvgIpc) is 2.61. The van der Waals surface area contributed by atoms with Gasteiger partial charge in [-0.05, 0) is 29.8 Å². The van der Waals surface area contributed by atoms with Crippen molar-refractivity contribution in [3.05, 3.63) is 71.8 Å². The van der Waals surface area contributed by atoms with Crippen LogP contribution in [0, 0.1) is 17.5 Å². The van der Waals surface area contributed by atoms with Crippen molar-refractivity contribution in [2.75, 3.05) is 17.7 Å². The lowest BCUT2D eigenvalue weighted by Gasteiger charge is -2.20. The highest BCUT2D eigenvalue weighted by molar-refractivity contribution is 5.68. The second-order valence-corrected chi connectivity index (χ2v) is 5.58. The van der Waals surface area contributed by atoms with E-state index < -0.39 is 11.6 Å². The summed E-state index contributed by atoms with van der Waals surface area (Å²) < 4.78 is 45.1. The van der Waals surface area contributed by atoms with Gasteiger partial charge in [-0.2, -0.15) is 4.98 Å². The van der Waals surface area contributed by atoms with E-state index in [0.717, 1.165) is 17.7 Å². The van der Waals surface area contributed by atoms with Gasteiger partial charge in [-0.3, -0.25) is 0 Å². The first-order valence-electron chi connectivity index (χ1n) is 7.63. The molecule has 8 heteroatoms. The first-order valence-corrected chi connectivity index (χ1v) is 7.63. The van der Waals surface area contributed by atoms with Crippen molar-refractivity contribution >= 4 is 11.5 Å². The molecule has 1 aromatic heterocycles. The molecule has 0 saturated heterocycles. The lowest BCUT2D eigenvalue weighted by atomic mass is 10.2. The quantitative estimate of drug-likeness (QED) is 0.747. The Balaban J connectivity index is 1.83. The molecule has 134 valence electrons. The molecular formula is C18H15F3N4O. The zero-order valence-corrected chi connectivity index (χ0v) is 13.8. The lowest BCUT2D eigenvalue weighted by molar-refractivity contribution is 0.425. The van der Waals surface area contributed by atoms with Crippen LogP contribution in [0.25, 0.3) is 0 Å². The smallest absolute Gasteiger partial charge is 0.248 e. The average molecular weight is 360 g/mol. The Morgan fingerprint density at radius 3 is 2.38 bits per heavy atom. The summed E-state index contributed by atoms with van der Waals surface area (Å²) in [5.74, 6) is -1.80. The number of halogens is 3. The van der Waals surface area contributed by atoms with Crippen molar-refractivity contribution in [1.82, 2.24) is 9.97 Å². The molecule has 26 heavy (non-hydrogen) atoms. The fraction of sp³-hybridized carbons (Fsp3) is 0.111. The van der Waals surface area contributed by atoms with E-state index in [4.69, 9.17) is 10.5 Å². The Bertz CT molecular complexity index is 919. The maximum atomic E-state index is 13.8. The minimum Gasteiger partial charge on any atom is -0.434 e. The summed E-state index contributed by atoms with van der Waals surface area (Å²) in [6.45, 7) is 0.409. The fourth-order valence-corrected chi connectivity index (χ4v) is 2.36. The van der Waals surface area contributed by atoms with Crippen LogP contribution in [0.3, 0.4) is 0 Å². The van der Waals surface area contributed by atoms with Crippen LogP contribution in [0.15, 0.2) is 48.8 Å². The van der Waals surface area contributed by atoms with Gasteiger partial charge < -0.3 is 15.4 Å². The van der Waals surface area contributed by atoms with Gasteiger partial charge >= 0.3 is 0 Å². The van der Waals surface area contributed by atoms with Crippen molar-refractivity contribution in [2.24, 2.45) is 0 Å². The Hall–Kier alpha value is -3.29. The van der Waals surface area contributed by atoms with Crippen LogP contribution in [0.2, 0.25) is 0 Å². The van der Waals surface area contributed by atoms with Gasteiger partial charge in [0.15, 0.2) is 17.4 Å². The van der Waals surface area contributed by atoms with Crippen LogP contribution in [-0.4, -0.2) is 17.0 Å². The van der Waals surface area contributed by atoms with E-state index >= 15 is 0 Å². The number of anilines is 2. The molecule has 2 N–H and O–H groups in total. The van der Waals surface area contributed by atoms with Gasteiger partial charge in [0.05, 0.1) is 0 Å². The van der Waals surface area contributed by atoms with E-state index in [-0.39, 0.29) is 23.1 Å². The maximum absolute atomic E-state index is 13.8. The van der Waals surface area contributed by atoms with Crippen LogP contribution >= 0.6 is 0 Å². The maximum Gasteiger partial charge on any atom is 0.248 e. The predicted molar refractivity (Wildman–Crippen MR) is 91.4 cm³/mol. The zero-order valence-electron chi connectivity index (χ0n) is 13.8. The number of hydrogen-bond donors (Lipinski definition) is 1. The molecule has 0 radical (unpaired) electrons. The van der Waals surface area contributed by atoms with Crippen molar-refractivity contribution in [3.63, 3.8) is 0 Å². The molecule has 0 atom stereocenters. The fourth-order valence-electron chi connectivity index (χ4n) is 2.36. The Labute approximate surface area is 147 Å². The lowest BCUT2D eigenvalue weighted by Crippen LogP contribution is -2.19. The molecule has 1 heterocycles. The number of nitrogen functional groups attached to an aromatic ring is 1. The van der Waals surface area contributed by atoms with Crippen molar-refractivity contribution in [3.8, 4) is 11.6 Å². The second-order valence-electron chi connectivity index (χ2n) is 5.58. The van der Waals surface area contributed by atoms with E-state index in [1.165, 1.54) is 18.5 Å². The van der Waals surface area contributed by atoms with Crippen molar-refractivity contribution in [1.29, 1.82) is 0 Å². The predicted octanol–water partition coefficient (Wildman–Crippen LogP) is 3.90. The summed E-state index contributed by atoms with van der Waals surface area (Å²) in [6, 6.07) is 8.93. The normalized spacial score (nSPS) is 10.6. The number of nitrogens with two attached hydrogens (primary N) is 1. The Morgan fingerprint density at radius 2 is 1.69 bits per heavy atom. The Kier molecular flexibility index (Phi) is 4.92. The third-order valence-corrected chi connectivity index (χ3v) is 3.62. The largest absolute Gasteiger partial charge is 0.434 e. The molecule has 0 aliphatic heterocycles. The zero-order chi connectivity index (χ0) is 18.7. The van der Waals surface area contributed by atoms with Gasteiger partial charge in [-0.25, -0.2) is 18.2 Å². The molecule has 0 saturated carbocycles. The number of hydrogen-bond acceptors (Lipinski definition) is 5. The molecule has 3 rings (SSSR count). The summed E-state index contributed by atoms with van der Waals surface area (Å²) in [4.78, 5) is 9.74. The van der Waals surface area contributed by atoms with E-state index in [1.807, 2.05) is 0 Å². The minimum atomic E-state index is -0.871. The first kappa shape index (κ1) is 17.5. The molecular weight excluding hydrogens is 345 g/mol. The van der Waals surface area contributed by atoms with E-state index in [2.05, 4.69) is 9.97 Å². The van der Waals surface area contributed by atoms with Gasteiger partial charge in [0.1, 0.15) is 23.6 Å². The third-order valence-electron chi connectivity index (χ3n) is 3.62. The van der Waals surface area contributed by atoms with E-state index in [0.29, 0.717) is 18.4 Å². The van der Waals surface area contributed by atoms with Gasteiger partial charge in [0.25, 0.3) is 0 Å². The number of rotatable bonds is 5. The van der Waals surface area contributed by atoms with Gasteiger partial charge in [-0.15, -0.1) is 0 Å². The second kappa shape index (κ2) is 7.30. The molecule has 0 unspecified atom stereocenters. The minimum absolute atomic E-state index is 0.0496. The van der Waals surface area contributed by atoms with Gasteiger partial charge in [-0.1, -0.05) is 12.1 Å². The summed E-state index contributed by atoms with van der Waals surface area (Å²) in [7, 11) is 1.74. The van der Waals surface area contributed by atoms with E-state index in [1.54, 1.807) is 24.1 Å². The highest BCUT2D eigenvalue weighted by Gasteiger charge is 2.16. The number of nitrogens with zero attached hydrogens (tertiary/aromatic N) is 3. The van der Waals surface area contributed by atoms with Crippen LogP contribution in [0.5, 0.6) is 11.6 Å². The van der Waals surface area contributed by atoms with Crippen molar-refractivity contribution < 1.29 is 17.9 Å². The molecule has 0 fully saturated rings. The highest BCUT2D eigenvalue weighted by Crippen LogP contribution is 2.32. The summed E-state index contributed by atoms with van der Waals surface area (Å²) >= 11 is 0. The van der Waals surface area contributed by atoms with Gasteiger partial charge in [0.2, 0.25) is 5.88 Å². The van der Waals surface area contributed by atoms with Crippen molar-refractivity contribution in [2.45, 2.75) is 6.54 Å². The summed E-state index contributed by atoms with van der Waals surface area (Å²) in [5, 5.41) is 0. The Morgan fingerprint density at radius 1 is 1.00 bits per heavy atom. The first-order chi connectivity index (χ1) is 12.4. The van der Waals surface area contributed by atoms with Crippen LogP contribution in [0.4, 0.5) is 24.7 Å². The number of aromatic nitrogens is 2. The number of ether oxygens (including phenoxy) is 1. The monoisotopic (exact) mass is 360 g/mol. The molecule has 2 aromatic carbocycles. The van der Waals surface area contributed by atoms with Crippen LogP contribution < -0.4 is 15.4 Å². The van der Waals surface area contributed by atoms with Crippen LogP contribution in [0.1, 0.15) is 5.56 Å². The molecule has 0 aliphatic carbocycles. The molecule has 0 aliphatic rings. The van der Waals surface area contributed by atoms with E-state index in [9.17, 15) is 13.2 Å². The standard InChI is InChI=1S/C18H15F3N4O/c1-25(9-11-2-4-12(19)5-3-11)17-16(22)18(24-10-23-17)26-15-7-6-13(20)8-14(15)21/h2-8,10H,9,22H2,1H3. The molecule has 0 amide bonds. The molecule has 0 bridgehead atoms. The molecule has 0 spiro atoms. The molecule has 3 aromatic rings. The SMILES string of the molecule is CN(Cc1ccc(F)cc1)c1ncnc(Oc2ccc(F)cc2F)c1N. The van der Waals surface area contributed by atoms with Gasteiger partial charge in [0, 0.05) is 19.7 Å². The van der Waals surface area contributed by atoms with Crippen LogP contribution in [-0.2, 0) is 6.54 Å². The highest BCUT2D eigenvalue weighted by atomic mass is 19.1. The molecule has 5 nitrogen and oxygen atoms in total. The third kappa shape index (κ3) is 3.85. The number of benzene rings is 2.